The maximum atomic E-state index is 4.02. The Morgan fingerprint density at radius 1 is 1.73 bits per heavy atom. The highest BCUT2D eigenvalue weighted by Crippen LogP contribution is 2.06. The quantitative estimate of drug-likeness (QED) is 0.600. The minimum Gasteiger partial charge on any atom is -0.346 e. The lowest BCUT2D eigenvalue weighted by molar-refractivity contribution is 1.02. The summed E-state index contributed by atoms with van der Waals surface area (Å²) in [4.78, 5) is 4.02. The van der Waals surface area contributed by atoms with Crippen molar-refractivity contribution < 1.29 is 0 Å². The van der Waals surface area contributed by atoms with E-state index in [4.69, 9.17) is 0 Å². The van der Waals surface area contributed by atoms with E-state index in [-0.39, 0.29) is 0 Å². The molecule has 0 fully saturated rings. The van der Waals surface area contributed by atoms with Crippen LogP contribution in [0.5, 0.6) is 0 Å². The normalized spacial score (nSPS) is 21.2. The molecule has 0 unspecified atom stereocenters. The number of allylic oxidation sites excluding steroid dienone is 3. The van der Waals surface area contributed by atoms with Crippen molar-refractivity contribution in [3.8, 4) is 0 Å². The number of nitrogens with one attached hydrogen (secondary N) is 1. The summed E-state index contributed by atoms with van der Waals surface area (Å²) in [6.45, 7) is 6.56. The molecule has 0 radical (unpaired) electrons. The van der Waals surface area contributed by atoms with E-state index in [0.29, 0.717) is 6.54 Å². The van der Waals surface area contributed by atoms with Gasteiger partial charge in [0.15, 0.2) is 0 Å². The molecule has 0 aromatic rings. The van der Waals surface area contributed by atoms with Crippen LogP contribution in [-0.4, -0.2) is 12.9 Å². The van der Waals surface area contributed by atoms with Crippen LogP contribution in [-0.2, 0) is 0 Å². The third-order valence-electron chi connectivity index (χ3n) is 1.43. The van der Waals surface area contributed by atoms with Crippen molar-refractivity contribution in [1.29, 1.82) is 0 Å². The number of nitrogens with zero attached hydrogens (tertiary/aromatic N) is 1. The molecular formula is C9H12N2. The Balaban J connectivity index is 2.71. The van der Waals surface area contributed by atoms with Crippen LogP contribution in [0.3, 0.4) is 0 Å². The summed E-state index contributed by atoms with van der Waals surface area (Å²) in [5.74, 6) is 0. The summed E-state index contributed by atoms with van der Waals surface area (Å²) in [7, 11) is 0. The maximum Gasteiger partial charge on any atom is 0.0872 e. The predicted octanol–water partition coefficient (Wildman–Crippen LogP) is 1.63. The van der Waals surface area contributed by atoms with E-state index in [0.717, 1.165) is 11.3 Å². The van der Waals surface area contributed by atoms with E-state index in [1.807, 2.05) is 25.2 Å². The first-order valence-corrected chi connectivity index (χ1v) is 3.60. The summed E-state index contributed by atoms with van der Waals surface area (Å²) in [5.41, 5.74) is 2.09. The highest BCUT2D eigenvalue weighted by molar-refractivity contribution is 5.63. The predicted molar refractivity (Wildman–Crippen MR) is 48.5 cm³/mol. The van der Waals surface area contributed by atoms with Gasteiger partial charge in [0.1, 0.15) is 0 Å². The van der Waals surface area contributed by atoms with Crippen molar-refractivity contribution in [3.63, 3.8) is 0 Å². The Kier molecular flexibility index (Phi) is 2.66. The molecule has 58 valence electrons. The van der Waals surface area contributed by atoms with E-state index in [9.17, 15) is 0 Å². The molecule has 0 aliphatic carbocycles. The first-order chi connectivity index (χ1) is 5.34. The summed E-state index contributed by atoms with van der Waals surface area (Å²) >= 11 is 0. The first kappa shape index (κ1) is 7.79. The molecule has 0 atom stereocenters. The Morgan fingerprint density at radius 3 is 3.18 bits per heavy atom. The molecule has 0 bridgehead atoms. The van der Waals surface area contributed by atoms with Crippen molar-refractivity contribution in [2.45, 2.75) is 6.92 Å². The third kappa shape index (κ3) is 2.08. The molecule has 1 aliphatic rings. The lowest BCUT2D eigenvalue weighted by Crippen LogP contribution is -2.18. The summed E-state index contributed by atoms with van der Waals surface area (Å²) in [6, 6.07) is 0. The van der Waals surface area contributed by atoms with E-state index in [1.54, 1.807) is 6.34 Å². The van der Waals surface area contributed by atoms with Gasteiger partial charge in [-0.25, -0.2) is 0 Å². The minimum atomic E-state index is 0.705. The van der Waals surface area contributed by atoms with Gasteiger partial charge in [0.2, 0.25) is 0 Å². The Hall–Kier alpha value is -1.31. The fraction of sp³-hybridized carbons (Fsp3) is 0.222. The van der Waals surface area contributed by atoms with E-state index >= 15 is 0 Å². The van der Waals surface area contributed by atoms with Gasteiger partial charge in [0, 0.05) is 5.70 Å². The fourth-order valence-corrected chi connectivity index (χ4v) is 0.817. The lowest BCUT2D eigenvalue weighted by atomic mass is 10.2. The maximum absolute atomic E-state index is 4.02. The van der Waals surface area contributed by atoms with Crippen LogP contribution >= 0.6 is 0 Å². The molecule has 0 saturated carbocycles. The number of rotatable bonds is 1. The number of hydrogen-bond acceptors (Lipinski definition) is 2. The second-order valence-electron chi connectivity index (χ2n) is 2.32. The van der Waals surface area contributed by atoms with Gasteiger partial charge in [-0.1, -0.05) is 18.7 Å². The molecule has 1 heterocycles. The van der Waals surface area contributed by atoms with Gasteiger partial charge < -0.3 is 5.32 Å². The monoisotopic (exact) mass is 148 g/mol. The van der Waals surface area contributed by atoms with Crippen LogP contribution in [0.25, 0.3) is 0 Å². The van der Waals surface area contributed by atoms with Gasteiger partial charge in [-0.15, -0.1) is 0 Å². The van der Waals surface area contributed by atoms with Crippen molar-refractivity contribution >= 4 is 6.34 Å². The molecule has 0 spiro atoms. The lowest BCUT2D eigenvalue weighted by Gasteiger charge is -2.11. The molecule has 1 aliphatic heterocycles. The minimum absolute atomic E-state index is 0.705. The van der Waals surface area contributed by atoms with Gasteiger partial charge in [-0.05, 0) is 18.6 Å². The van der Waals surface area contributed by atoms with Crippen molar-refractivity contribution in [2.24, 2.45) is 4.99 Å². The Labute approximate surface area is 67.0 Å². The van der Waals surface area contributed by atoms with Crippen LogP contribution in [0.4, 0.5) is 0 Å². The SMILES string of the molecule is C=C1CN=CN/C1=C/C=C\C. The molecule has 0 amide bonds. The second kappa shape index (κ2) is 3.76. The van der Waals surface area contributed by atoms with Gasteiger partial charge in [-0.2, -0.15) is 0 Å². The summed E-state index contributed by atoms with van der Waals surface area (Å²) in [5, 5.41) is 3.02. The van der Waals surface area contributed by atoms with Gasteiger partial charge in [-0.3, -0.25) is 4.99 Å². The molecule has 0 saturated heterocycles. The molecule has 1 rings (SSSR count). The van der Waals surface area contributed by atoms with Gasteiger partial charge >= 0.3 is 0 Å². The topological polar surface area (TPSA) is 24.4 Å². The average molecular weight is 148 g/mol. The van der Waals surface area contributed by atoms with Crippen molar-refractivity contribution in [2.75, 3.05) is 6.54 Å². The van der Waals surface area contributed by atoms with Crippen LogP contribution in [0.2, 0.25) is 0 Å². The van der Waals surface area contributed by atoms with Crippen molar-refractivity contribution in [3.05, 3.63) is 36.1 Å². The summed E-state index contributed by atoms with van der Waals surface area (Å²) < 4.78 is 0. The molecule has 11 heavy (non-hydrogen) atoms. The van der Waals surface area contributed by atoms with E-state index < -0.39 is 0 Å². The molecule has 0 aromatic heterocycles. The van der Waals surface area contributed by atoms with E-state index in [1.165, 1.54) is 0 Å². The average Bonchev–Trinajstić information content (AvgIpc) is 2.03. The highest BCUT2D eigenvalue weighted by atomic mass is 15.0. The zero-order chi connectivity index (χ0) is 8.10. The molecule has 1 N–H and O–H groups in total. The van der Waals surface area contributed by atoms with Crippen molar-refractivity contribution in [1.82, 2.24) is 5.32 Å². The standard InChI is InChI=1S/C9H12N2/c1-3-4-5-9-8(2)6-10-7-11-9/h3-5,7H,2,6H2,1H3,(H,10,11)/b4-3-,9-5+. The van der Waals surface area contributed by atoms with Crippen LogP contribution in [0, 0.1) is 0 Å². The largest absolute Gasteiger partial charge is 0.346 e. The zero-order valence-corrected chi connectivity index (χ0v) is 6.67. The van der Waals surface area contributed by atoms with Crippen LogP contribution in [0.1, 0.15) is 6.92 Å². The fourth-order valence-electron chi connectivity index (χ4n) is 0.817. The first-order valence-electron chi connectivity index (χ1n) is 3.60. The molecular weight excluding hydrogens is 136 g/mol. The second-order valence-corrected chi connectivity index (χ2v) is 2.32. The molecule has 0 aromatic carbocycles. The molecule has 2 heteroatoms. The highest BCUT2D eigenvalue weighted by Gasteiger charge is 2.02. The number of hydrogen-bond donors (Lipinski definition) is 1. The summed E-state index contributed by atoms with van der Waals surface area (Å²) in [6.07, 6.45) is 7.65. The van der Waals surface area contributed by atoms with E-state index in [2.05, 4.69) is 16.9 Å². The third-order valence-corrected chi connectivity index (χ3v) is 1.43. The number of aliphatic imine (C=N–C) groups is 1. The smallest absolute Gasteiger partial charge is 0.0872 e. The van der Waals surface area contributed by atoms with Crippen LogP contribution in [0.15, 0.2) is 41.1 Å². The molecule has 2 nitrogen and oxygen atoms in total. The van der Waals surface area contributed by atoms with Gasteiger partial charge in [0.05, 0.1) is 12.9 Å². The Morgan fingerprint density at radius 2 is 2.55 bits per heavy atom. The Bertz CT molecular complexity index is 234. The zero-order valence-electron chi connectivity index (χ0n) is 6.67. The van der Waals surface area contributed by atoms with Crippen LogP contribution < -0.4 is 5.32 Å². The van der Waals surface area contributed by atoms with Gasteiger partial charge in [0.25, 0.3) is 0 Å².